The van der Waals surface area contributed by atoms with Gasteiger partial charge in [0.1, 0.15) is 17.7 Å². The second kappa shape index (κ2) is 5.80. The monoisotopic (exact) mass is 249 g/mol. The minimum atomic E-state index is -0.756. The number of carboxylic acids is 1. The van der Waals surface area contributed by atoms with Crippen molar-refractivity contribution in [1.29, 1.82) is 0 Å². The molecular formula is C13H19N3O2. The third-order valence-corrected chi connectivity index (χ3v) is 3.34. The fourth-order valence-electron chi connectivity index (χ4n) is 2.42. The molecule has 1 fully saturated rings. The minimum Gasteiger partial charge on any atom is -0.480 e. The van der Waals surface area contributed by atoms with Crippen LogP contribution in [0.2, 0.25) is 0 Å². The van der Waals surface area contributed by atoms with E-state index < -0.39 is 12.0 Å². The molecule has 0 bridgehead atoms. The van der Waals surface area contributed by atoms with Gasteiger partial charge < -0.3 is 10.0 Å². The molecule has 1 saturated heterocycles. The van der Waals surface area contributed by atoms with Gasteiger partial charge in [0.05, 0.1) is 0 Å². The van der Waals surface area contributed by atoms with Crippen molar-refractivity contribution in [1.82, 2.24) is 9.97 Å². The van der Waals surface area contributed by atoms with Crippen LogP contribution in [0, 0.1) is 6.92 Å². The molecule has 0 radical (unpaired) electrons. The summed E-state index contributed by atoms with van der Waals surface area (Å²) in [6.07, 6.45) is 6.66. The molecule has 5 heteroatoms. The van der Waals surface area contributed by atoms with Gasteiger partial charge in [-0.25, -0.2) is 14.8 Å². The summed E-state index contributed by atoms with van der Waals surface area (Å²) >= 11 is 0. The first kappa shape index (κ1) is 12.8. The standard InChI is InChI=1S/C13H19N3O2/c1-10-14-8-7-12(15-10)16-9-5-3-2-4-6-11(16)13(17)18/h7-8,11H,2-6,9H2,1H3,(H,17,18). The molecular weight excluding hydrogens is 230 g/mol. The molecule has 0 aliphatic carbocycles. The highest BCUT2D eigenvalue weighted by molar-refractivity contribution is 5.77. The predicted molar refractivity (Wildman–Crippen MR) is 68.6 cm³/mol. The Balaban J connectivity index is 2.26. The second-order valence-electron chi connectivity index (χ2n) is 4.71. The molecule has 1 unspecified atom stereocenters. The Labute approximate surface area is 107 Å². The summed E-state index contributed by atoms with van der Waals surface area (Å²) in [7, 11) is 0. The predicted octanol–water partition coefficient (Wildman–Crippen LogP) is 2.01. The van der Waals surface area contributed by atoms with Crippen LogP contribution >= 0.6 is 0 Å². The molecule has 2 rings (SSSR count). The van der Waals surface area contributed by atoms with Crippen molar-refractivity contribution in [3.05, 3.63) is 18.1 Å². The number of aryl methyl sites for hydroxylation is 1. The van der Waals surface area contributed by atoms with Crippen molar-refractivity contribution < 1.29 is 9.90 Å². The van der Waals surface area contributed by atoms with Gasteiger partial charge in [0, 0.05) is 12.7 Å². The zero-order chi connectivity index (χ0) is 13.0. The molecule has 18 heavy (non-hydrogen) atoms. The van der Waals surface area contributed by atoms with E-state index in [0.29, 0.717) is 12.2 Å². The van der Waals surface area contributed by atoms with Crippen LogP contribution in [0.1, 0.15) is 37.9 Å². The van der Waals surface area contributed by atoms with Crippen molar-refractivity contribution in [3.8, 4) is 0 Å². The Hall–Kier alpha value is -1.65. The van der Waals surface area contributed by atoms with Gasteiger partial charge in [-0.15, -0.1) is 0 Å². The summed E-state index contributed by atoms with van der Waals surface area (Å²) in [5.41, 5.74) is 0. The molecule has 1 aliphatic rings. The molecule has 1 aromatic rings. The Morgan fingerprint density at radius 3 is 2.89 bits per heavy atom. The smallest absolute Gasteiger partial charge is 0.326 e. The minimum absolute atomic E-state index is 0.459. The first-order valence-electron chi connectivity index (χ1n) is 6.47. The summed E-state index contributed by atoms with van der Waals surface area (Å²) in [5.74, 6) is 0.656. The maximum Gasteiger partial charge on any atom is 0.326 e. The summed E-state index contributed by atoms with van der Waals surface area (Å²) in [6, 6.07) is 1.34. The van der Waals surface area contributed by atoms with Crippen molar-refractivity contribution in [2.45, 2.75) is 45.1 Å². The number of hydrogen-bond donors (Lipinski definition) is 1. The first-order valence-corrected chi connectivity index (χ1v) is 6.47. The van der Waals surface area contributed by atoms with Crippen molar-refractivity contribution in [3.63, 3.8) is 0 Å². The maximum atomic E-state index is 11.4. The molecule has 1 aliphatic heterocycles. The van der Waals surface area contributed by atoms with Crippen molar-refractivity contribution in [2.75, 3.05) is 11.4 Å². The molecule has 5 nitrogen and oxygen atoms in total. The van der Waals surface area contributed by atoms with Crippen LogP contribution in [0.5, 0.6) is 0 Å². The lowest BCUT2D eigenvalue weighted by Gasteiger charge is -2.31. The molecule has 1 N–H and O–H groups in total. The van der Waals surface area contributed by atoms with Gasteiger partial charge >= 0.3 is 5.97 Å². The van der Waals surface area contributed by atoms with Crippen molar-refractivity contribution >= 4 is 11.8 Å². The van der Waals surface area contributed by atoms with Gasteiger partial charge in [-0.1, -0.05) is 19.3 Å². The number of nitrogens with zero attached hydrogens (tertiary/aromatic N) is 3. The van der Waals surface area contributed by atoms with E-state index in [1.54, 1.807) is 12.3 Å². The Bertz CT molecular complexity index is 422. The van der Waals surface area contributed by atoms with Gasteiger partial charge in [-0.3, -0.25) is 0 Å². The largest absolute Gasteiger partial charge is 0.480 e. The Kier molecular flexibility index (Phi) is 4.12. The number of carbonyl (C=O) groups is 1. The van der Waals surface area contributed by atoms with E-state index in [9.17, 15) is 9.90 Å². The van der Waals surface area contributed by atoms with E-state index in [1.807, 2.05) is 11.8 Å². The Morgan fingerprint density at radius 1 is 1.39 bits per heavy atom. The lowest BCUT2D eigenvalue weighted by molar-refractivity contribution is -0.138. The highest BCUT2D eigenvalue weighted by atomic mass is 16.4. The van der Waals surface area contributed by atoms with Gasteiger partial charge in [-0.05, 0) is 25.8 Å². The summed E-state index contributed by atoms with van der Waals surface area (Å²) in [4.78, 5) is 21.7. The first-order chi connectivity index (χ1) is 8.68. The van der Waals surface area contributed by atoms with E-state index in [2.05, 4.69) is 9.97 Å². The van der Waals surface area contributed by atoms with E-state index >= 15 is 0 Å². The van der Waals surface area contributed by atoms with Crippen LogP contribution < -0.4 is 4.90 Å². The average Bonchev–Trinajstić information content (AvgIpc) is 2.28. The number of carboxylic acid groups (broad SMARTS) is 1. The molecule has 1 aromatic heterocycles. The third-order valence-electron chi connectivity index (χ3n) is 3.34. The fraction of sp³-hybridized carbons (Fsp3) is 0.615. The maximum absolute atomic E-state index is 11.4. The van der Waals surface area contributed by atoms with Crippen LogP contribution in [0.4, 0.5) is 5.82 Å². The number of aliphatic carboxylic acids is 1. The molecule has 0 aromatic carbocycles. The summed E-state index contributed by atoms with van der Waals surface area (Å²) < 4.78 is 0. The Morgan fingerprint density at radius 2 is 2.17 bits per heavy atom. The van der Waals surface area contributed by atoms with Crippen LogP contribution in [0.3, 0.4) is 0 Å². The third kappa shape index (κ3) is 2.97. The lowest BCUT2D eigenvalue weighted by Crippen LogP contribution is -2.43. The van der Waals surface area contributed by atoms with Gasteiger partial charge in [0.25, 0.3) is 0 Å². The highest BCUT2D eigenvalue weighted by Crippen LogP contribution is 2.22. The normalized spacial score (nSPS) is 21.2. The van der Waals surface area contributed by atoms with Crippen molar-refractivity contribution in [2.24, 2.45) is 0 Å². The quantitative estimate of drug-likeness (QED) is 0.868. The molecule has 98 valence electrons. The summed E-state index contributed by atoms with van der Waals surface area (Å²) in [5, 5.41) is 9.37. The topological polar surface area (TPSA) is 66.3 Å². The number of aromatic nitrogens is 2. The van der Waals surface area contributed by atoms with Gasteiger partial charge in [0.15, 0.2) is 0 Å². The van der Waals surface area contributed by atoms with Crippen LogP contribution in [0.15, 0.2) is 12.3 Å². The van der Waals surface area contributed by atoms with E-state index in [0.717, 1.165) is 38.0 Å². The van der Waals surface area contributed by atoms with E-state index in [1.165, 1.54) is 0 Å². The molecule has 0 amide bonds. The van der Waals surface area contributed by atoms with Crippen LogP contribution in [-0.2, 0) is 4.79 Å². The SMILES string of the molecule is Cc1nccc(N2CCCCCCC2C(=O)O)n1. The number of anilines is 1. The molecule has 1 atom stereocenters. The zero-order valence-corrected chi connectivity index (χ0v) is 10.7. The molecule has 0 saturated carbocycles. The zero-order valence-electron chi connectivity index (χ0n) is 10.7. The highest BCUT2D eigenvalue weighted by Gasteiger charge is 2.27. The number of hydrogen-bond acceptors (Lipinski definition) is 4. The molecule has 2 heterocycles. The average molecular weight is 249 g/mol. The number of rotatable bonds is 2. The fourth-order valence-corrected chi connectivity index (χ4v) is 2.42. The van der Waals surface area contributed by atoms with E-state index in [4.69, 9.17) is 0 Å². The van der Waals surface area contributed by atoms with Crippen LogP contribution in [-0.4, -0.2) is 33.6 Å². The molecule has 0 spiro atoms. The van der Waals surface area contributed by atoms with Gasteiger partial charge in [0.2, 0.25) is 0 Å². The lowest BCUT2D eigenvalue weighted by atomic mass is 10.0. The second-order valence-corrected chi connectivity index (χ2v) is 4.71. The van der Waals surface area contributed by atoms with E-state index in [-0.39, 0.29) is 0 Å². The van der Waals surface area contributed by atoms with Crippen LogP contribution in [0.25, 0.3) is 0 Å². The summed E-state index contributed by atoms with van der Waals surface area (Å²) in [6.45, 7) is 2.58. The van der Waals surface area contributed by atoms with Gasteiger partial charge in [-0.2, -0.15) is 0 Å².